The minimum Gasteiger partial charge on any atom is -0.368 e. The number of aryl methyl sites for hydroxylation is 1. The van der Waals surface area contributed by atoms with Crippen LogP contribution in [-0.2, 0) is 6.54 Å². The fraction of sp³-hybridized carbons (Fsp3) is 0.188. The molecule has 0 amide bonds. The van der Waals surface area contributed by atoms with Crippen LogP contribution in [-0.4, -0.2) is 41.3 Å². The molecule has 4 aromatic rings. The zero-order chi connectivity index (χ0) is 16.2. The van der Waals surface area contributed by atoms with Gasteiger partial charge in [-0.2, -0.15) is 5.10 Å². The van der Waals surface area contributed by atoms with E-state index in [-0.39, 0.29) is 0 Å². The van der Waals surface area contributed by atoms with Crippen molar-refractivity contribution >= 4 is 16.9 Å². The number of nitrogens with zero attached hydrogens (tertiary/aromatic N) is 7. The first-order valence-corrected chi connectivity index (χ1v) is 7.74. The molecule has 8 nitrogen and oxygen atoms in total. The SMILES string of the molecule is c1ccc(-n2ncc3c(NCCCn4ccnc4)nnnc32)cc1. The quantitative estimate of drug-likeness (QED) is 0.546. The lowest BCUT2D eigenvalue weighted by molar-refractivity contribution is 0.659. The molecular weight excluding hydrogens is 304 g/mol. The molecule has 1 aromatic carbocycles. The Morgan fingerprint density at radius 1 is 1.08 bits per heavy atom. The molecule has 120 valence electrons. The van der Waals surface area contributed by atoms with Crippen LogP contribution in [0.5, 0.6) is 0 Å². The van der Waals surface area contributed by atoms with Crippen molar-refractivity contribution in [2.45, 2.75) is 13.0 Å². The van der Waals surface area contributed by atoms with Gasteiger partial charge in [-0.1, -0.05) is 18.2 Å². The van der Waals surface area contributed by atoms with Crippen molar-refractivity contribution in [2.24, 2.45) is 0 Å². The van der Waals surface area contributed by atoms with Crippen molar-refractivity contribution in [1.82, 2.24) is 34.7 Å². The average molecular weight is 320 g/mol. The summed E-state index contributed by atoms with van der Waals surface area (Å²) in [4.78, 5) is 4.03. The molecule has 3 aromatic heterocycles. The van der Waals surface area contributed by atoms with Gasteiger partial charge in [-0.25, -0.2) is 9.67 Å². The van der Waals surface area contributed by atoms with E-state index in [0.717, 1.165) is 30.6 Å². The van der Waals surface area contributed by atoms with E-state index in [9.17, 15) is 0 Å². The van der Waals surface area contributed by atoms with Crippen LogP contribution in [0.1, 0.15) is 6.42 Å². The first kappa shape index (κ1) is 14.3. The highest BCUT2D eigenvalue weighted by atomic mass is 15.4. The molecule has 0 radical (unpaired) electrons. The number of para-hydroxylation sites is 1. The second-order valence-electron chi connectivity index (χ2n) is 5.35. The second kappa shape index (κ2) is 6.45. The van der Waals surface area contributed by atoms with Crippen LogP contribution < -0.4 is 5.32 Å². The average Bonchev–Trinajstić information content (AvgIpc) is 3.29. The molecule has 0 bridgehead atoms. The summed E-state index contributed by atoms with van der Waals surface area (Å²) in [5.41, 5.74) is 1.63. The van der Waals surface area contributed by atoms with Crippen LogP contribution in [0.25, 0.3) is 16.7 Å². The molecule has 0 unspecified atom stereocenters. The smallest absolute Gasteiger partial charge is 0.190 e. The zero-order valence-electron chi connectivity index (χ0n) is 12.9. The molecule has 0 spiro atoms. The molecular formula is C16H16N8. The Morgan fingerprint density at radius 3 is 2.83 bits per heavy atom. The van der Waals surface area contributed by atoms with Gasteiger partial charge in [0, 0.05) is 25.5 Å². The van der Waals surface area contributed by atoms with Crippen LogP contribution in [0.2, 0.25) is 0 Å². The van der Waals surface area contributed by atoms with Crippen molar-refractivity contribution in [3.8, 4) is 5.69 Å². The Kier molecular flexibility index (Phi) is 3.85. The number of imidazole rings is 1. The van der Waals surface area contributed by atoms with E-state index in [4.69, 9.17) is 0 Å². The van der Waals surface area contributed by atoms with Crippen LogP contribution in [0.3, 0.4) is 0 Å². The van der Waals surface area contributed by atoms with Crippen LogP contribution in [0.4, 0.5) is 5.82 Å². The summed E-state index contributed by atoms with van der Waals surface area (Å²) in [5.74, 6) is 0.702. The Bertz CT molecular complexity index is 914. The number of fused-ring (bicyclic) bond motifs is 1. The summed E-state index contributed by atoms with van der Waals surface area (Å²) >= 11 is 0. The molecule has 4 rings (SSSR count). The van der Waals surface area contributed by atoms with Crippen molar-refractivity contribution in [3.63, 3.8) is 0 Å². The van der Waals surface area contributed by atoms with Gasteiger partial charge in [0.1, 0.15) is 0 Å². The standard InChI is InChI=1S/C16H16N8/c1-2-5-13(6-3-1)24-16-14(11-19-24)15(20-22-21-16)18-7-4-9-23-10-8-17-12-23/h1-3,5-6,8,10-12H,4,7,9H2,(H,18,20,21). The molecule has 0 atom stereocenters. The van der Waals surface area contributed by atoms with Gasteiger partial charge >= 0.3 is 0 Å². The molecule has 1 N–H and O–H groups in total. The maximum Gasteiger partial charge on any atom is 0.190 e. The molecule has 0 fully saturated rings. The van der Waals surface area contributed by atoms with Crippen LogP contribution >= 0.6 is 0 Å². The van der Waals surface area contributed by atoms with E-state index in [1.807, 2.05) is 47.4 Å². The lowest BCUT2D eigenvalue weighted by Crippen LogP contribution is -2.08. The van der Waals surface area contributed by atoms with E-state index >= 15 is 0 Å². The number of hydrogen-bond acceptors (Lipinski definition) is 6. The number of rotatable bonds is 6. The summed E-state index contributed by atoms with van der Waals surface area (Å²) in [6.45, 7) is 1.68. The van der Waals surface area contributed by atoms with E-state index in [2.05, 4.69) is 30.8 Å². The van der Waals surface area contributed by atoms with E-state index in [1.165, 1.54) is 0 Å². The predicted molar refractivity (Wildman–Crippen MR) is 89.8 cm³/mol. The summed E-state index contributed by atoms with van der Waals surface area (Å²) in [7, 11) is 0. The molecule has 0 saturated carbocycles. The largest absolute Gasteiger partial charge is 0.368 e. The molecule has 0 aliphatic rings. The third-order valence-electron chi connectivity index (χ3n) is 3.73. The highest BCUT2D eigenvalue weighted by Gasteiger charge is 2.11. The summed E-state index contributed by atoms with van der Waals surface area (Å²) in [6.07, 6.45) is 8.27. The van der Waals surface area contributed by atoms with Gasteiger partial charge in [0.2, 0.25) is 0 Å². The number of aromatic nitrogens is 7. The van der Waals surface area contributed by atoms with E-state index < -0.39 is 0 Å². The van der Waals surface area contributed by atoms with E-state index in [0.29, 0.717) is 11.5 Å². The Labute approximate surface area is 138 Å². The third kappa shape index (κ3) is 2.81. The molecule has 0 aliphatic carbocycles. The molecule has 0 aliphatic heterocycles. The van der Waals surface area contributed by atoms with Crippen LogP contribution in [0.15, 0.2) is 55.2 Å². The summed E-state index contributed by atoms with van der Waals surface area (Å²) in [5, 5.41) is 20.7. The maximum absolute atomic E-state index is 4.42. The minimum absolute atomic E-state index is 0.688. The molecule has 24 heavy (non-hydrogen) atoms. The second-order valence-corrected chi connectivity index (χ2v) is 5.35. The predicted octanol–water partition coefficient (Wildman–Crippen LogP) is 1.91. The van der Waals surface area contributed by atoms with Crippen molar-refractivity contribution < 1.29 is 0 Å². The van der Waals surface area contributed by atoms with Gasteiger partial charge in [-0.15, -0.1) is 10.2 Å². The molecule has 0 saturated heterocycles. The van der Waals surface area contributed by atoms with Gasteiger partial charge < -0.3 is 9.88 Å². The van der Waals surface area contributed by atoms with Crippen LogP contribution in [0, 0.1) is 0 Å². The first-order valence-electron chi connectivity index (χ1n) is 7.74. The molecule has 3 heterocycles. The fourth-order valence-electron chi connectivity index (χ4n) is 2.54. The van der Waals surface area contributed by atoms with Crippen molar-refractivity contribution in [2.75, 3.05) is 11.9 Å². The monoisotopic (exact) mass is 320 g/mol. The summed E-state index contributed by atoms with van der Waals surface area (Å²) < 4.78 is 3.81. The highest BCUT2D eigenvalue weighted by Crippen LogP contribution is 2.20. The normalized spacial score (nSPS) is 11.0. The van der Waals surface area contributed by atoms with E-state index in [1.54, 1.807) is 17.1 Å². The summed E-state index contributed by atoms with van der Waals surface area (Å²) in [6, 6.07) is 9.86. The van der Waals surface area contributed by atoms with Crippen molar-refractivity contribution in [3.05, 3.63) is 55.2 Å². The lowest BCUT2D eigenvalue weighted by Gasteiger charge is -2.06. The minimum atomic E-state index is 0.688. The first-order chi connectivity index (χ1) is 11.9. The van der Waals surface area contributed by atoms with Gasteiger partial charge in [0.15, 0.2) is 11.5 Å². The van der Waals surface area contributed by atoms with Gasteiger partial charge in [-0.3, -0.25) is 0 Å². The molecule has 8 heteroatoms. The van der Waals surface area contributed by atoms with Gasteiger partial charge in [0.05, 0.1) is 23.6 Å². The van der Waals surface area contributed by atoms with Crippen molar-refractivity contribution in [1.29, 1.82) is 0 Å². The van der Waals surface area contributed by atoms with Gasteiger partial charge in [-0.05, 0) is 23.8 Å². The highest BCUT2D eigenvalue weighted by molar-refractivity contribution is 5.86. The Balaban J connectivity index is 1.51. The third-order valence-corrected chi connectivity index (χ3v) is 3.73. The Morgan fingerprint density at radius 2 is 2.00 bits per heavy atom. The lowest BCUT2D eigenvalue weighted by atomic mass is 10.3. The fourth-order valence-corrected chi connectivity index (χ4v) is 2.54. The number of nitrogens with one attached hydrogen (secondary N) is 1. The number of hydrogen-bond donors (Lipinski definition) is 1. The topological polar surface area (TPSA) is 86.3 Å². The van der Waals surface area contributed by atoms with Gasteiger partial charge in [0.25, 0.3) is 0 Å². The zero-order valence-corrected chi connectivity index (χ0v) is 12.9. The number of benzene rings is 1. The maximum atomic E-state index is 4.42. The Hall–Kier alpha value is -3.29. The number of anilines is 1.